The molecule has 0 amide bonds. The molecule has 0 aromatic carbocycles. The molecule has 1 aliphatic rings. The largest absolute Gasteiger partial charge is 0.394 e. The second-order valence-electron chi connectivity index (χ2n) is 2.94. The average Bonchev–Trinajstić information content (AvgIpc) is 1.77. The molecule has 0 unspecified atom stereocenters. The van der Waals surface area contributed by atoms with Crippen molar-refractivity contribution in [3.63, 3.8) is 0 Å². The molecule has 4 N–H and O–H groups in total. The van der Waals surface area contributed by atoms with Gasteiger partial charge in [-0.3, -0.25) is 0 Å². The fourth-order valence-corrected chi connectivity index (χ4v) is 2.07. The topological polar surface area (TPSA) is 92.4 Å². The summed E-state index contributed by atoms with van der Waals surface area (Å²) in [5.74, 6) is 0. The Balaban J connectivity index is 2.59. The second kappa shape index (κ2) is 2.71. The molecule has 0 saturated heterocycles. The van der Waals surface area contributed by atoms with Crippen molar-refractivity contribution in [1.82, 2.24) is 4.72 Å². The first-order chi connectivity index (χ1) is 4.97. The Labute approximate surface area is 65.8 Å². The maximum Gasteiger partial charge on any atom is 0.274 e. The minimum Gasteiger partial charge on any atom is -0.394 e. The van der Waals surface area contributed by atoms with Crippen LogP contribution in [0, 0.1) is 0 Å². The summed E-state index contributed by atoms with van der Waals surface area (Å²) < 4.78 is 23.3. The van der Waals surface area contributed by atoms with Gasteiger partial charge < -0.3 is 5.11 Å². The molecule has 6 heteroatoms. The van der Waals surface area contributed by atoms with E-state index >= 15 is 0 Å². The minimum atomic E-state index is -3.66. The van der Waals surface area contributed by atoms with E-state index in [4.69, 9.17) is 10.2 Å². The molecule has 1 saturated carbocycles. The molecular formula is C5H12N2O3S. The van der Waals surface area contributed by atoms with Crippen molar-refractivity contribution in [2.75, 3.05) is 6.61 Å². The lowest BCUT2D eigenvalue weighted by atomic mass is 9.78. The molecule has 0 spiro atoms. The van der Waals surface area contributed by atoms with Crippen molar-refractivity contribution in [2.45, 2.75) is 24.8 Å². The van der Waals surface area contributed by atoms with Gasteiger partial charge in [-0.1, -0.05) is 0 Å². The third-order valence-corrected chi connectivity index (χ3v) is 2.69. The van der Waals surface area contributed by atoms with E-state index < -0.39 is 15.7 Å². The summed E-state index contributed by atoms with van der Waals surface area (Å²) in [5.41, 5.74) is -0.659. The summed E-state index contributed by atoms with van der Waals surface area (Å²) in [7, 11) is -3.66. The number of hydrogen-bond donors (Lipinski definition) is 3. The molecule has 1 fully saturated rings. The molecular weight excluding hydrogens is 168 g/mol. The monoisotopic (exact) mass is 180 g/mol. The van der Waals surface area contributed by atoms with Crippen molar-refractivity contribution in [2.24, 2.45) is 5.14 Å². The van der Waals surface area contributed by atoms with Gasteiger partial charge in [0.25, 0.3) is 10.2 Å². The lowest BCUT2D eigenvalue weighted by Gasteiger charge is -2.39. The third-order valence-electron chi connectivity index (χ3n) is 1.97. The highest BCUT2D eigenvalue weighted by Gasteiger charge is 2.38. The van der Waals surface area contributed by atoms with Gasteiger partial charge in [0, 0.05) is 0 Å². The van der Waals surface area contributed by atoms with Crippen LogP contribution in [-0.2, 0) is 10.2 Å². The van der Waals surface area contributed by atoms with E-state index in [0.717, 1.165) is 6.42 Å². The standard InChI is InChI=1S/C5H12N2O3S/c6-11(9,10)7-5(4-8)2-1-3-5/h7-8H,1-4H2,(H2,6,9,10). The van der Waals surface area contributed by atoms with Crippen LogP contribution >= 0.6 is 0 Å². The van der Waals surface area contributed by atoms with Crippen LogP contribution in [-0.4, -0.2) is 25.7 Å². The number of hydrogen-bond acceptors (Lipinski definition) is 3. The molecule has 0 radical (unpaired) electrons. The normalized spacial score (nSPS) is 22.7. The maximum atomic E-state index is 10.6. The molecule has 1 rings (SSSR count). The van der Waals surface area contributed by atoms with Crippen LogP contribution < -0.4 is 9.86 Å². The van der Waals surface area contributed by atoms with E-state index in [1.54, 1.807) is 0 Å². The highest BCUT2D eigenvalue weighted by molar-refractivity contribution is 7.87. The first-order valence-corrected chi connectivity index (χ1v) is 4.95. The molecule has 0 bridgehead atoms. The highest BCUT2D eigenvalue weighted by atomic mass is 32.2. The van der Waals surface area contributed by atoms with Crippen molar-refractivity contribution >= 4 is 10.2 Å². The quantitative estimate of drug-likeness (QED) is 0.503. The molecule has 66 valence electrons. The molecule has 11 heavy (non-hydrogen) atoms. The van der Waals surface area contributed by atoms with Gasteiger partial charge in [-0.25, -0.2) is 5.14 Å². The highest BCUT2D eigenvalue weighted by Crippen LogP contribution is 2.31. The van der Waals surface area contributed by atoms with Gasteiger partial charge in [0.1, 0.15) is 0 Å². The average molecular weight is 180 g/mol. The molecule has 5 nitrogen and oxygen atoms in total. The van der Waals surface area contributed by atoms with Gasteiger partial charge in [-0.15, -0.1) is 0 Å². The Morgan fingerprint density at radius 1 is 1.55 bits per heavy atom. The zero-order valence-electron chi connectivity index (χ0n) is 6.08. The SMILES string of the molecule is NS(=O)(=O)NC1(CO)CCC1. The van der Waals surface area contributed by atoms with Crippen molar-refractivity contribution in [1.29, 1.82) is 0 Å². The summed E-state index contributed by atoms with van der Waals surface area (Å²) >= 11 is 0. The molecule has 1 aliphatic carbocycles. The molecule has 0 aromatic rings. The fourth-order valence-electron chi connectivity index (χ4n) is 1.20. The van der Waals surface area contributed by atoms with Crippen LogP contribution in [0.25, 0.3) is 0 Å². The van der Waals surface area contributed by atoms with Gasteiger partial charge >= 0.3 is 0 Å². The van der Waals surface area contributed by atoms with Crippen LogP contribution in [0.1, 0.15) is 19.3 Å². The summed E-state index contributed by atoms with van der Waals surface area (Å²) in [4.78, 5) is 0. The van der Waals surface area contributed by atoms with E-state index in [1.807, 2.05) is 0 Å². The number of nitrogens with two attached hydrogens (primary N) is 1. The Hall–Kier alpha value is -0.170. The number of aliphatic hydroxyl groups is 1. The molecule has 0 heterocycles. The molecule has 0 aliphatic heterocycles. The summed E-state index contributed by atoms with van der Waals surface area (Å²) in [6.45, 7) is -0.177. The molecule has 0 aromatic heterocycles. The lowest BCUT2D eigenvalue weighted by molar-refractivity contribution is 0.111. The lowest BCUT2D eigenvalue weighted by Crippen LogP contribution is -2.57. The first-order valence-electron chi connectivity index (χ1n) is 3.40. The van der Waals surface area contributed by atoms with Gasteiger partial charge in [-0.2, -0.15) is 13.1 Å². The Morgan fingerprint density at radius 3 is 2.18 bits per heavy atom. The first kappa shape index (κ1) is 8.92. The minimum absolute atomic E-state index is 0.177. The Bertz CT molecular complexity index is 227. The van der Waals surface area contributed by atoms with E-state index in [2.05, 4.69) is 4.72 Å². The van der Waals surface area contributed by atoms with Crippen molar-refractivity contribution in [3.05, 3.63) is 0 Å². The van der Waals surface area contributed by atoms with E-state index in [1.165, 1.54) is 0 Å². The third kappa shape index (κ3) is 2.13. The van der Waals surface area contributed by atoms with Crippen LogP contribution in [0.2, 0.25) is 0 Å². The summed E-state index contributed by atoms with van der Waals surface area (Å²) in [5, 5.41) is 13.6. The van der Waals surface area contributed by atoms with Crippen LogP contribution in [0.15, 0.2) is 0 Å². The maximum absolute atomic E-state index is 10.6. The second-order valence-corrected chi connectivity index (χ2v) is 4.23. The smallest absolute Gasteiger partial charge is 0.274 e. The Morgan fingerprint density at radius 2 is 2.09 bits per heavy atom. The zero-order valence-corrected chi connectivity index (χ0v) is 6.89. The van der Waals surface area contributed by atoms with Crippen LogP contribution in [0.4, 0.5) is 0 Å². The zero-order chi connectivity index (χ0) is 8.54. The van der Waals surface area contributed by atoms with Gasteiger partial charge in [0.15, 0.2) is 0 Å². The number of aliphatic hydroxyl groups excluding tert-OH is 1. The number of nitrogens with one attached hydrogen (secondary N) is 1. The predicted octanol–water partition coefficient (Wildman–Crippen LogP) is -1.31. The summed E-state index contributed by atoms with van der Waals surface area (Å²) in [6, 6.07) is 0. The van der Waals surface area contributed by atoms with Crippen molar-refractivity contribution in [3.8, 4) is 0 Å². The fraction of sp³-hybridized carbons (Fsp3) is 1.00. The van der Waals surface area contributed by atoms with Gasteiger partial charge in [-0.05, 0) is 19.3 Å². The van der Waals surface area contributed by atoms with Crippen LogP contribution in [0.5, 0.6) is 0 Å². The van der Waals surface area contributed by atoms with Gasteiger partial charge in [0.05, 0.1) is 12.1 Å². The summed E-state index contributed by atoms with van der Waals surface area (Å²) in [6.07, 6.45) is 2.27. The van der Waals surface area contributed by atoms with Crippen LogP contribution in [0.3, 0.4) is 0 Å². The number of rotatable bonds is 3. The van der Waals surface area contributed by atoms with E-state index in [0.29, 0.717) is 12.8 Å². The van der Waals surface area contributed by atoms with Gasteiger partial charge in [0.2, 0.25) is 0 Å². The van der Waals surface area contributed by atoms with Crippen molar-refractivity contribution < 1.29 is 13.5 Å². The van der Waals surface area contributed by atoms with E-state index in [9.17, 15) is 8.42 Å². The molecule has 0 atom stereocenters. The Kier molecular flexibility index (Phi) is 2.19. The predicted molar refractivity (Wildman–Crippen MR) is 39.9 cm³/mol. The van der Waals surface area contributed by atoms with E-state index in [-0.39, 0.29) is 6.61 Å².